The summed E-state index contributed by atoms with van der Waals surface area (Å²) in [5.74, 6) is -0.408. The number of methoxy groups -OCH3 is 2. The summed E-state index contributed by atoms with van der Waals surface area (Å²) < 4.78 is 35.2. The van der Waals surface area contributed by atoms with E-state index < -0.39 is 21.9 Å². The fraction of sp³-hybridized carbons (Fsp3) is 0.238. The number of carbonyl (C=O) groups excluding carboxylic acids is 2. The molecule has 3 rings (SSSR count). The number of rotatable bonds is 6. The molecule has 0 spiro atoms. The summed E-state index contributed by atoms with van der Waals surface area (Å²) in [5.41, 5.74) is 1.81. The molecule has 2 aromatic carbocycles. The van der Waals surface area contributed by atoms with Crippen LogP contribution in [-0.2, 0) is 19.6 Å². The van der Waals surface area contributed by atoms with Crippen LogP contribution in [0.1, 0.15) is 22.3 Å². The van der Waals surface area contributed by atoms with Crippen molar-refractivity contribution < 1.29 is 27.5 Å². The molecule has 2 aromatic rings. The highest BCUT2D eigenvalue weighted by atomic mass is 32.2. The molecule has 1 N–H and O–H groups in total. The van der Waals surface area contributed by atoms with E-state index in [1.54, 1.807) is 42.5 Å². The van der Waals surface area contributed by atoms with Gasteiger partial charge in [0.15, 0.2) is 0 Å². The molecular formula is C21H22N2O6S. The first-order valence-corrected chi connectivity index (χ1v) is 10.8. The summed E-state index contributed by atoms with van der Waals surface area (Å²) in [7, 11) is -0.499. The van der Waals surface area contributed by atoms with Gasteiger partial charge >= 0.3 is 5.97 Å². The number of sulfonamides is 1. The Morgan fingerprint density at radius 1 is 1.10 bits per heavy atom. The van der Waals surface area contributed by atoms with Crippen LogP contribution in [-0.4, -0.2) is 46.8 Å². The first kappa shape index (κ1) is 21.4. The third-order valence-corrected chi connectivity index (χ3v) is 6.47. The molecule has 0 unspecified atom stereocenters. The van der Waals surface area contributed by atoms with Gasteiger partial charge in [-0.15, -0.1) is 0 Å². The summed E-state index contributed by atoms with van der Waals surface area (Å²) in [4.78, 5) is 24.3. The van der Waals surface area contributed by atoms with Gasteiger partial charge in [-0.1, -0.05) is 12.1 Å². The third-order valence-electron chi connectivity index (χ3n) is 4.60. The Morgan fingerprint density at radius 3 is 2.43 bits per heavy atom. The van der Waals surface area contributed by atoms with Crippen LogP contribution in [0, 0.1) is 0 Å². The number of nitrogens with one attached hydrogen (secondary N) is 1. The highest BCUT2D eigenvalue weighted by molar-refractivity contribution is 7.93. The number of anilines is 2. The van der Waals surface area contributed by atoms with E-state index in [1.807, 2.05) is 0 Å². The molecule has 1 fully saturated rings. The molecule has 0 aliphatic carbocycles. The highest BCUT2D eigenvalue weighted by Gasteiger charge is 2.28. The maximum atomic E-state index is 12.3. The van der Waals surface area contributed by atoms with Gasteiger partial charge in [0.05, 0.1) is 36.9 Å². The predicted molar refractivity (Wildman–Crippen MR) is 114 cm³/mol. The first-order chi connectivity index (χ1) is 14.3. The smallest absolute Gasteiger partial charge is 0.340 e. The van der Waals surface area contributed by atoms with Crippen molar-refractivity contribution in [1.29, 1.82) is 0 Å². The summed E-state index contributed by atoms with van der Waals surface area (Å²) in [6.45, 7) is 0.477. The average molecular weight is 430 g/mol. The predicted octanol–water partition coefficient (Wildman–Crippen LogP) is 2.67. The fourth-order valence-electron chi connectivity index (χ4n) is 3.07. The average Bonchev–Trinajstić information content (AvgIpc) is 3.11. The lowest BCUT2D eigenvalue weighted by atomic mass is 10.1. The number of benzene rings is 2. The molecule has 0 atom stereocenters. The lowest BCUT2D eigenvalue weighted by Gasteiger charge is -2.16. The van der Waals surface area contributed by atoms with E-state index in [1.165, 1.54) is 30.7 Å². The Morgan fingerprint density at radius 2 is 1.83 bits per heavy atom. The minimum absolute atomic E-state index is 0.160. The van der Waals surface area contributed by atoms with Crippen LogP contribution in [0.25, 0.3) is 6.08 Å². The normalized spacial score (nSPS) is 15.2. The lowest BCUT2D eigenvalue weighted by Crippen LogP contribution is -2.24. The van der Waals surface area contributed by atoms with Crippen molar-refractivity contribution in [3.63, 3.8) is 0 Å². The molecule has 0 saturated carbocycles. The minimum Gasteiger partial charge on any atom is -0.497 e. The third kappa shape index (κ3) is 4.80. The molecule has 0 aromatic heterocycles. The van der Waals surface area contributed by atoms with Gasteiger partial charge < -0.3 is 14.8 Å². The van der Waals surface area contributed by atoms with Crippen molar-refractivity contribution in [2.75, 3.05) is 36.1 Å². The summed E-state index contributed by atoms with van der Waals surface area (Å²) >= 11 is 0. The van der Waals surface area contributed by atoms with Crippen LogP contribution in [0.5, 0.6) is 5.75 Å². The van der Waals surface area contributed by atoms with Crippen LogP contribution >= 0.6 is 0 Å². The molecule has 1 amide bonds. The van der Waals surface area contributed by atoms with Gasteiger partial charge in [-0.25, -0.2) is 13.2 Å². The van der Waals surface area contributed by atoms with Gasteiger partial charge in [-0.2, -0.15) is 0 Å². The monoisotopic (exact) mass is 430 g/mol. The summed E-state index contributed by atoms with van der Waals surface area (Å²) in [6, 6.07) is 11.5. The molecule has 9 heteroatoms. The quantitative estimate of drug-likeness (QED) is 0.558. The van der Waals surface area contributed by atoms with Crippen LogP contribution in [0.4, 0.5) is 11.4 Å². The van der Waals surface area contributed by atoms with Gasteiger partial charge in [0.2, 0.25) is 15.9 Å². The molecule has 1 aliphatic heterocycles. The van der Waals surface area contributed by atoms with Crippen molar-refractivity contribution in [1.82, 2.24) is 0 Å². The number of hydrogen-bond acceptors (Lipinski definition) is 6. The van der Waals surface area contributed by atoms with Gasteiger partial charge in [0.25, 0.3) is 0 Å². The number of carbonyl (C=O) groups is 2. The van der Waals surface area contributed by atoms with E-state index in [2.05, 4.69) is 5.32 Å². The Balaban J connectivity index is 1.70. The maximum absolute atomic E-state index is 12.3. The largest absolute Gasteiger partial charge is 0.497 e. The van der Waals surface area contributed by atoms with Crippen molar-refractivity contribution in [2.24, 2.45) is 0 Å². The summed E-state index contributed by atoms with van der Waals surface area (Å²) in [6.07, 6.45) is 3.54. The van der Waals surface area contributed by atoms with Crippen molar-refractivity contribution in [2.45, 2.75) is 6.42 Å². The Kier molecular flexibility index (Phi) is 6.41. The van der Waals surface area contributed by atoms with E-state index >= 15 is 0 Å². The SMILES string of the molecule is COC(=O)c1cc(OC)ccc1NC(=O)/C=C/c1ccc(N2CCCS2(=O)=O)cc1. The second-order valence-corrected chi connectivity index (χ2v) is 8.57. The van der Waals surface area contributed by atoms with Crippen LogP contribution in [0.15, 0.2) is 48.5 Å². The topological polar surface area (TPSA) is 102 Å². The zero-order valence-electron chi connectivity index (χ0n) is 16.6. The van der Waals surface area contributed by atoms with Gasteiger partial charge in [0, 0.05) is 12.6 Å². The second kappa shape index (κ2) is 9.00. The molecule has 1 saturated heterocycles. The Hall–Kier alpha value is -3.33. The van der Waals surface area contributed by atoms with Crippen LogP contribution < -0.4 is 14.4 Å². The highest BCUT2D eigenvalue weighted by Crippen LogP contribution is 2.25. The van der Waals surface area contributed by atoms with E-state index in [9.17, 15) is 18.0 Å². The number of nitrogens with zero attached hydrogens (tertiary/aromatic N) is 1. The number of ether oxygens (including phenoxy) is 2. The standard InChI is InChI=1S/C21H22N2O6S/c1-28-17-9-10-19(18(14-17)21(25)29-2)22-20(24)11-6-15-4-7-16(8-5-15)23-12-3-13-30(23,26)27/h4-11,14H,3,12-13H2,1-2H3,(H,22,24)/b11-6+. The van der Waals surface area contributed by atoms with Gasteiger partial charge in [-0.3, -0.25) is 9.10 Å². The van der Waals surface area contributed by atoms with Crippen LogP contribution in [0.2, 0.25) is 0 Å². The first-order valence-electron chi connectivity index (χ1n) is 9.20. The molecule has 0 radical (unpaired) electrons. The van der Waals surface area contributed by atoms with E-state index in [-0.39, 0.29) is 11.3 Å². The van der Waals surface area contributed by atoms with Crippen molar-refractivity contribution in [3.05, 3.63) is 59.7 Å². The molecule has 30 heavy (non-hydrogen) atoms. The zero-order chi connectivity index (χ0) is 21.7. The van der Waals surface area contributed by atoms with Crippen molar-refractivity contribution in [3.8, 4) is 5.75 Å². The Labute approximate surface area is 175 Å². The molecule has 1 aliphatic rings. The minimum atomic E-state index is -3.23. The molecule has 0 bridgehead atoms. The van der Waals surface area contributed by atoms with Crippen LogP contribution in [0.3, 0.4) is 0 Å². The van der Waals surface area contributed by atoms with E-state index in [0.717, 1.165) is 5.56 Å². The number of hydrogen-bond donors (Lipinski definition) is 1. The maximum Gasteiger partial charge on any atom is 0.340 e. The molecular weight excluding hydrogens is 408 g/mol. The number of esters is 1. The molecule has 1 heterocycles. The Bertz CT molecular complexity index is 1080. The van der Waals surface area contributed by atoms with Crippen molar-refractivity contribution >= 4 is 39.4 Å². The lowest BCUT2D eigenvalue weighted by molar-refractivity contribution is -0.111. The fourth-order valence-corrected chi connectivity index (χ4v) is 4.63. The number of amides is 1. The molecule has 8 nitrogen and oxygen atoms in total. The van der Waals surface area contributed by atoms with E-state index in [4.69, 9.17) is 9.47 Å². The zero-order valence-corrected chi connectivity index (χ0v) is 17.4. The second-order valence-electron chi connectivity index (χ2n) is 6.56. The summed E-state index contributed by atoms with van der Waals surface area (Å²) in [5, 5.41) is 2.64. The molecule has 158 valence electrons. The van der Waals surface area contributed by atoms with Gasteiger partial charge in [0.1, 0.15) is 5.75 Å². The van der Waals surface area contributed by atoms with Gasteiger partial charge in [-0.05, 0) is 48.4 Å². The van der Waals surface area contributed by atoms with E-state index in [0.29, 0.717) is 30.1 Å².